The third-order valence-corrected chi connectivity index (χ3v) is 14.5. The first-order chi connectivity index (χ1) is 37.1. The molecule has 0 aromatic carbocycles. The van der Waals surface area contributed by atoms with Crippen LogP contribution in [0.2, 0.25) is 0 Å². The number of carbonyl (C=O) groups excluding carboxylic acids is 2. The largest absolute Gasteiger partial charge is 0.462 e. The van der Waals surface area contributed by atoms with E-state index in [0.717, 1.165) is 103 Å². The minimum Gasteiger partial charge on any atom is -0.462 e. The fourth-order valence-corrected chi connectivity index (χ4v) is 9.60. The van der Waals surface area contributed by atoms with Crippen LogP contribution in [-0.2, 0) is 19.1 Å². The summed E-state index contributed by atoms with van der Waals surface area (Å²) in [6.45, 7) is 4.05. The molecule has 1 unspecified atom stereocenters. The van der Waals surface area contributed by atoms with Crippen LogP contribution in [0.25, 0.3) is 0 Å². The summed E-state index contributed by atoms with van der Waals surface area (Å²) in [4.78, 5) is 24.6. The Morgan fingerprint density at radius 2 is 0.573 bits per heavy atom. The number of unbranched alkanes of at least 4 members (excludes halogenated alkanes) is 38. The van der Waals surface area contributed by atoms with Crippen LogP contribution < -0.4 is 0 Å². The molecule has 0 amide bonds. The van der Waals surface area contributed by atoms with E-state index in [1.165, 1.54) is 199 Å². The van der Waals surface area contributed by atoms with Gasteiger partial charge in [-0.3, -0.25) is 9.59 Å². The Bertz CT molecular complexity index is 1370. The second-order valence-corrected chi connectivity index (χ2v) is 21.8. The molecule has 0 bridgehead atoms. The van der Waals surface area contributed by atoms with Crippen molar-refractivity contribution in [2.75, 3.05) is 13.2 Å². The summed E-state index contributed by atoms with van der Waals surface area (Å²) >= 11 is 0. The van der Waals surface area contributed by atoms with Gasteiger partial charge in [-0.2, -0.15) is 0 Å². The number of aliphatic hydroxyl groups is 1. The zero-order valence-corrected chi connectivity index (χ0v) is 49.8. The van der Waals surface area contributed by atoms with Gasteiger partial charge in [-0.15, -0.1) is 0 Å². The first-order valence-corrected chi connectivity index (χ1v) is 32.6. The first kappa shape index (κ1) is 72.1. The van der Waals surface area contributed by atoms with Crippen LogP contribution in [0.3, 0.4) is 0 Å². The summed E-state index contributed by atoms with van der Waals surface area (Å²) in [5, 5.41) is 9.68. The van der Waals surface area contributed by atoms with E-state index in [1.807, 2.05) is 0 Å². The van der Waals surface area contributed by atoms with Gasteiger partial charge in [0.05, 0.1) is 6.61 Å². The fraction of sp³-hybridized carbons (Fsp3) is 0.771. The second-order valence-electron chi connectivity index (χ2n) is 21.8. The van der Waals surface area contributed by atoms with Crippen LogP contribution in [0, 0.1) is 0 Å². The van der Waals surface area contributed by atoms with Gasteiger partial charge in [-0.05, 0) is 70.6 Å². The van der Waals surface area contributed by atoms with Crippen LogP contribution in [0.15, 0.2) is 85.1 Å². The average molecular weight is 1050 g/mol. The van der Waals surface area contributed by atoms with E-state index in [-0.39, 0.29) is 25.2 Å². The summed E-state index contributed by atoms with van der Waals surface area (Å²) in [5.74, 6) is -0.604. The van der Waals surface area contributed by atoms with E-state index < -0.39 is 6.10 Å². The van der Waals surface area contributed by atoms with E-state index in [9.17, 15) is 14.7 Å². The number of rotatable bonds is 60. The van der Waals surface area contributed by atoms with Crippen molar-refractivity contribution in [2.24, 2.45) is 0 Å². The molecule has 5 heteroatoms. The normalized spacial score (nSPS) is 12.7. The highest BCUT2D eigenvalue weighted by molar-refractivity contribution is 5.70. The molecular formula is C70H124O5. The van der Waals surface area contributed by atoms with Gasteiger partial charge in [0, 0.05) is 12.8 Å². The van der Waals surface area contributed by atoms with Crippen molar-refractivity contribution in [2.45, 2.75) is 335 Å². The molecule has 0 radical (unpaired) electrons. The Labute approximate surface area is 466 Å². The van der Waals surface area contributed by atoms with Gasteiger partial charge in [0.1, 0.15) is 6.61 Å². The van der Waals surface area contributed by atoms with Gasteiger partial charge < -0.3 is 14.6 Å². The Morgan fingerprint density at radius 1 is 0.320 bits per heavy atom. The summed E-state index contributed by atoms with van der Waals surface area (Å²) in [6, 6.07) is 0. The van der Waals surface area contributed by atoms with Crippen LogP contribution in [0.5, 0.6) is 0 Å². The lowest BCUT2D eigenvalue weighted by atomic mass is 10.0. The van der Waals surface area contributed by atoms with Crippen molar-refractivity contribution in [1.82, 2.24) is 0 Å². The number of allylic oxidation sites excluding steroid dienone is 14. The molecule has 0 heterocycles. The number of ether oxygens (including phenoxy) is 2. The lowest BCUT2D eigenvalue weighted by molar-refractivity contribution is -0.161. The maximum Gasteiger partial charge on any atom is 0.306 e. The molecule has 75 heavy (non-hydrogen) atoms. The number of hydrogen-bond acceptors (Lipinski definition) is 5. The van der Waals surface area contributed by atoms with Crippen molar-refractivity contribution in [1.29, 1.82) is 0 Å². The zero-order chi connectivity index (χ0) is 54.1. The van der Waals surface area contributed by atoms with Gasteiger partial charge in [0.2, 0.25) is 0 Å². The van der Waals surface area contributed by atoms with Crippen molar-refractivity contribution in [3.63, 3.8) is 0 Å². The molecule has 0 saturated heterocycles. The molecule has 1 N–H and O–H groups in total. The van der Waals surface area contributed by atoms with Gasteiger partial charge >= 0.3 is 11.9 Å². The lowest BCUT2D eigenvalue weighted by Gasteiger charge is -2.15. The summed E-state index contributed by atoms with van der Waals surface area (Å²) < 4.78 is 10.7. The molecule has 0 rings (SSSR count). The molecule has 5 nitrogen and oxygen atoms in total. The van der Waals surface area contributed by atoms with E-state index in [4.69, 9.17) is 9.47 Å². The van der Waals surface area contributed by atoms with Gasteiger partial charge in [-0.25, -0.2) is 0 Å². The molecule has 0 spiro atoms. The Kier molecular flexibility index (Phi) is 62.8. The summed E-state index contributed by atoms with van der Waals surface area (Å²) in [6.07, 6.45) is 91.7. The molecular weight excluding hydrogens is 921 g/mol. The highest BCUT2D eigenvalue weighted by Crippen LogP contribution is 2.18. The molecule has 0 saturated carbocycles. The highest BCUT2D eigenvalue weighted by Gasteiger charge is 2.16. The lowest BCUT2D eigenvalue weighted by Crippen LogP contribution is -2.28. The summed E-state index contributed by atoms with van der Waals surface area (Å²) in [7, 11) is 0. The Balaban J connectivity index is 3.47. The van der Waals surface area contributed by atoms with Crippen LogP contribution in [0.4, 0.5) is 0 Å². The van der Waals surface area contributed by atoms with Crippen molar-refractivity contribution in [3.8, 4) is 0 Å². The van der Waals surface area contributed by atoms with Crippen LogP contribution in [-0.4, -0.2) is 36.4 Å². The minimum absolute atomic E-state index is 0.0750. The fourth-order valence-electron chi connectivity index (χ4n) is 9.60. The molecule has 0 fully saturated rings. The van der Waals surface area contributed by atoms with Gasteiger partial charge in [0.15, 0.2) is 6.10 Å². The number of aliphatic hydroxyl groups excluding tert-OH is 1. The van der Waals surface area contributed by atoms with Crippen molar-refractivity contribution in [3.05, 3.63) is 85.1 Å². The third-order valence-electron chi connectivity index (χ3n) is 14.5. The van der Waals surface area contributed by atoms with E-state index in [2.05, 4.69) is 98.9 Å². The Hall–Kier alpha value is -2.92. The van der Waals surface area contributed by atoms with Gasteiger partial charge in [-0.1, -0.05) is 330 Å². The quantitative estimate of drug-likeness (QED) is 0.0373. The number of esters is 2. The van der Waals surface area contributed by atoms with E-state index in [0.29, 0.717) is 12.8 Å². The van der Waals surface area contributed by atoms with E-state index in [1.54, 1.807) is 0 Å². The second kappa shape index (κ2) is 65.4. The zero-order valence-electron chi connectivity index (χ0n) is 49.8. The van der Waals surface area contributed by atoms with Crippen molar-refractivity contribution < 1.29 is 24.2 Å². The standard InChI is InChI=1S/C70H124O5/c1-3-5-7-9-11-13-15-17-19-21-23-25-27-29-31-32-33-34-35-36-37-39-40-42-44-46-48-50-52-54-56-58-60-62-64-69(72)74-67-68(66-71)75-70(73)65-63-61-59-57-55-53-51-49-47-45-43-41-38-30-28-26-24-22-20-18-16-14-12-10-8-6-4-2/h6,8,12,14,18,20,24,26,30,38,43,45,49,51,68,71H,3-5,7,9-11,13,15-17,19,21-23,25,27-29,31-37,39-42,44,46-48,50,52-67H2,1-2H3/b8-6-,14-12-,20-18-,26-24-,38-30-,45-43-,51-49-. The number of carbonyl (C=O) groups is 2. The van der Waals surface area contributed by atoms with Gasteiger partial charge in [0.25, 0.3) is 0 Å². The molecule has 0 aliphatic carbocycles. The highest BCUT2D eigenvalue weighted by atomic mass is 16.6. The SMILES string of the molecule is CC/C=C\C/C=C\C/C=C\C/C=C\C/C=C\C/C=C\C/C=C\CCCCCCCC(=O)OC(CO)COC(=O)CCCCCCCCCCCCCCCCCCCCCCCCCCCCCCCCCCCC. The smallest absolute Gasteiger partial charge is 0.306 e. The molecule has 0 aliphatic rings. The van der Waals surface area contributed by atoms with Crippen LogP contribution >= 0.6 is 0 Å². The summed E-state index contributed by atoms with van der Waals surface area (Å²) in [5.41, 5.74) is 0. The third kappa shape index (κ3) is 63.5. The Morgan fingerprint density at radius 3 is 0.867 bits per heavy atom. The predicted molar refractivity (Wildman–Crippen MR) is 329 cm³/mol. The molecule has 1 atom stereocenters. The maximum absolute atomic E-state index is 12.3. The first-order valence-electron chi connectivity index (χ1n) is 32.6. The van der Waals surface area contributed by atoms with E-state index >= 15 is 0 Å². The molecule has 0 aromatic rings. The van der Waals surface area contributed by atoms with Crippen LogP contribution in [0.1, 0.15) is 328 Å². The minimum atomic E-state index is -0.788. The average Bonchev–Trinajstić information content (AvgIpc) is 3.41. The van der Waals surface area contributed by atoms with Crippen molar-refractivity contribution >= 4 is 11.9 Å². The topological polar surface area (TPSA) is 72.8 Å². The maximum atomic E-state index is 12.3. The monoisotopic (exact) mass is 1040 g/mol. The number of hydrogen-bond donors (Lipinski definition) is 1. The molecule has 434 valence electrons. The molecule has 0 aromatic heterocycles. The molecule has 0 aliphatic heterocycles. The predicted octanol–water partition coefficient (Wildman–Crippen LogP) is 22.5.